The van der Waals surface area contributed by atoms with Gasteiger partial charge in [0.2, 0.25) is 0 Å². The SMILES string of the molecule is Cc1ccc(COC2CCCCO2)o1. The maximum atomic E-state index is 5.57. The highest BCUT2D eigenvalue weighted by Gasteiger charge is 2.14. The van der Waals surface area contributed by atoms with E-state index < -0.39 is 0 Å². The van der Waals surface area contributed by atoms with Gasteiger partial charge >= 0.3 is 0 Å². The van der Waals surface area contributed by atoms with Crippen LogP contribution in [0.2, 0.25) is 0 Å². The molecule has 3 nitrogen and oxygen atoms in total. The summed E-state index contributed by atoms with van der Waals surface area (Å²) in [6.45, 7) is 3.26. The summed E-state index contributed by atoms with van der Waals surface area (Å²) >= 11 is 0. The lowest BCUT2D eigenvalue weighted by atomic mass is 10.2. The first kappa shape index (κ1) is 9.74. The molecule has 14 heavy (non-hydrogen) atoms. The number of hydrogen-bond acceptors (Lipinski definition) is 3. The Labute approximate surface area is 84.0 Å². The predicted molar refractivity (Wildman–Crippen MR) is 51.8 cm³/mol. The highest BCUT2D eigenvalue weighted by atomic mass is 16.7. The zero-order valence-electron chi connectivity index (χ0n) is 8.49. The minimum atomic E-state index is -0.0332. The first-order chi connectivity index (χ1) is 6.84. The fourth-order valence-electron chi connectivity index (χ4n) is 1.58. The second-order valence-electron chi connectivity index (χ2n) is 3.62. The molecule has 2 rings (SSSR count). The largest absolute Gasteiger partial charge is 0.464 e. The van der Waals surface area contributed by atoms with E-state index in [2.05, 4.69) is 0 Å². The molecule has 1 aromatic heterocycles. The summed E-state index contributed by atoms with van der Waals surface area (Å²) in [5.41, 5.74) is 0. The molecule has 78 valence electrons. The van der Waals surface area contributed by atoms with Crippen LogP contribution in [0.1, 0.15) is 30.8 Å². The molecule has 1 atom stereocenters. The van der Waals surface area contributed by atoms with Crippen LogP contribution >= 0.6 is 0 Å². The number of hydrogen-bond donors (Lipinski definition) is 0. The average Bonchev–Trinajstić information content (AvgIpc) is 2.63. The van der Waals surface area contributed by atoms with E-state index in [1.54, 1.807) is 0 Å². The molecule has 0 aliphatic carbocycles. The quantitative estimate of drug-likeness (QED) is 0.744. The van der Waals surface area contributed by atoms with E-state index in [1.807, 2.05) is 19.1 Å². The van der Waals surface area contributed by atoms with Crippen molar-refractivity contribution in [3.8, 4) is 0 Å². The Balaban J connectivity index is 1.76. The lowest BCUT2D eigenvalue weighted by Crippen LogP contribution is -2.21. The van der Waals surface area contributed by atoms with Gasteiger partial charge in [0, 0.05) is 6.61 Å². The van der Waals surface area contributed by atoms with Crippen LogP contribution in [0.5, 0.6) is 0 Å². The van der Waals surface area contributed by atoms with Crippen molar-refractivity contribution in [1.82, 2.24) is 0 Å². The minimum Gasteiger partial charge on any atom is -0.464 e. The summed E-state index contributed by atoms with van der Waals surface area (Å²) in [7, 11) is 0. The van der Waals surface area contributed by atoms with E-state index in [0.717, 1.165) is 31.0 Å². The maximum absolute atomic E-state index is 5.57. The molecular weight excluding hydrogens is 180 g/mol. The van der Waals surface area contributed by atoms with Crippen LogP contribution in [0.4, 0.5) is 0 Å². The van der Waals surface area contributed by atoms with Crippen LogP contribution in [0.3, 0.4) is 0 Å². The van der Waals surface area contributed by atoms with Crippen molar-refractivity contribution < 1.29 is 13.9 Å². The van der Waals surface area contributed by atoms with Gasteiger partial charge in [-0.3, -0.25) is 0 Å². The third-order valence-corrected chi connectivity index (χ3v) is 2.35. The molecule has 0 bridgehead atoms. The number of ether oxygens (including phenoxy) is 2. The van der Waals surface area contributed by atoms with Crippen molar-refractivity contribution in [2.24, 2.45) is 0 Å². The standard InChI is InChI=1S/C11H16O3/c1-9-5-6-10(14-9)8-13-11-4-2-3-7-12-11/h5-6,11H,2-4,7-8H2,1H3. The van der Waals surface area contributed by atoms with Gasteiger partial charge in [0.1, 0.15) is 18.1 Å². The Kier molecular flexibility index (Phi) is 3.22. The molecule has 1 aromatic rings. The van der Waals surface area contributed by atoms with E-state index in [1.165, 1.54) is 6.42 Å². The van der Waals surface area contributed by atoms with Crippen LogP contribution in [-0.2, 0) is 16.1 Å². The average molecular weight is 196 g/mol. The molecule has 0 radical (unpaired) electrons. The van der Waals surface area contributed by atoms with Crippen molar-refractivity contribution in [1.29, 1.82) is 0 Å². The minimum absolute atomic E-state index is 0.0332. The monoisotopic (exact) mass is 196 g/mol. The molecule has 0 N–H and O–H groups in total. The van der Waals surface area contributed by atoms with E-state index in [9.17, 15) is 0 Å². The van der Waals surface area contributed by atoms with Gasteiger partial charge in [-0.2, -0.15) is 0 Å². The van der Waals surface area contributed by atoms with Crippen molar-refractivity contribution in [2.75, 3.05) is 6.61 Å². The highest BCUT2D eigenvalue weighted by molar-refractivity contribution is 5.04. The molecule has 0 amide bonds. The second-order valence-corrected chi connectivity index (χ2v) is 3.62. The van der Waals surface area contributed by atoms with Crippen molar-refractivity contribution >= 4 is 0 Å². The molecule has 3 heteroatoms. The fourth-order valence-corrected chi connectivity index (χ4v) is 1.58. The topological polar surface area (TPSA) is 31.6 Å². The molecule has 1 fully saturated rings. The van der Waals surface area contributed by atoms with E-state index in [0.29, 0.717) is 6.61 Å². The Morgan fingerprint density at radius 2 is 2.36 bits per heavy atom. The van der Waals surface area contributed by atoms with E-state index in [-0.39, 0.29) is 6.29 Å². The molecule has 1 unspecified atom stereocenters. The second kappa shape index (κ2) is 4.62. The van der Waals surface area contributed by atoms with Gasteiger partial charge in [-0.05, 0) is 38.3 Å². The third kappa shape index (κ3) is 2.59. The van der Waals surface area contributed by atoms with Gasteiger partial charge < -0.3 is 13.9 Å². The lowest BCUT2D eigenvalue weighted by molar-refractivity contribution is -0.171. The molecular formula is C11H16O3. The summed E-state index contributed by atoms with van der Waals surface area (Å²) < 4.78 is 16.4. The summed E-state index contributed by atoms with van der Waals surface area (Å²) in [5.74, 6) is 1.80. The number of rotatable bonds is 3. The van der Waals surface area contributed by atoms with E-state index >= 15 is 0 Å². The van der Waals surface area contributed by atoms with Gasteiger partial charge in [0.05, 0.1) is 0 Å². The van der Waals surface area contributed by atoms with Crippen LogP contribution in [0.25, 0.3) is 0 Å². The zero-order valence-corrected chi connectivity index (χ0v) is 8.49. The molecule has 2 heterocycles. The summed E-state index contributed by atoms with van der Waals surface area (Å²) in [5, 5.41) is 0. The number of furan rings is 1. The van der Waals surface area contributed by atoms with Crippen LogP contribution in [-0.4, -0.2) is 12.9 Å². The maximum Gasteiger partial charge on any atom is 0.158 e. The van der Waals surface area contributed by atoms with Crippen LogP contribution in [0, 0.1) is 6.92 Å². The molecule has 0 spiro atoms. The molecule has 1 aliphatic rings. The summed E-state index contributed by atoms with van der Waals surface area (Å²) in [4.78, 5) is 0. The Bertz CT molecular complexity index is 274. The molecule has 0 saturated carbocycles. The summed E-state index contributed by atoms with van der Waals surface area (Å²) in [6, 6.07) is 3.89. The summed E-state index contributed by atoms with van der Waals surface area (Å²) in [6.07, 6.45) is 3.32. The Hall–Kier alpha value is -0.800. The predicted octanol–water partition coefficient (Wildman–Crippen LogP) is 2.63. The zero-order chi connectivity index (χ0) is 9.80. The van der Waals surface area contributed by atoms with Gasteiger partial charge in [-0.15, -0.1) is 0 Å². The van der Waals surface area contributed by atoms with Gasteiger partial charge in [-0.1, -0.05) is 0 Å². The lowest BCUT2D eigenvalue weighted by Gasteiger charge is -2.22. The molecule has 1 aliphatic heterocycles. The smallest absolute Gasteiger partial charge is 0.158 e. The van der Waals surface area contributed by atoms with Crippen molar-refractivity contribution in [3.63, 3.8) is 0 Å². The van der Waals surface area contributed by atoms with Crippen molar-refractivity contribution in [2.45, 2.75) is 39.1 Å². The first-order valence-electron chi connectivity index (χ1n) is 5.13. The highest BCUT2D eigenvalue weighted by Crippen LogP contribution is 2.16. The first-order valence-corrected chi connectivity index (χ1v) is 5.13. The normalized spacial score (nSPS) is 22.5. The van der Waals surface area contributed by atoms with Crippen molar-refractivity contribution in [3.05, 3.63) is 23.7 Å². The van der Waals surface area contributed by atoms with Crippen LogP contribution < -0.4 is 0 Å². The molecule has 1 saturated heterocycles. The molecule has 0 aromatic carbocycles. The van der Waals surface area contributed by atoms with Crippen LogP contribution in [0.15, 0.2) is 16.5 Å². The number of aryl methyl sites for hydroxylation is 1. The third-order valence-electron chi connectivity index (χ3n) is 2.35. The fraction of sp³-hybridized carbons (Fsp3) is 0.636. The van der Waals surface area contributed by atoms with Gasteiger partial charge in [-0.25, -0.2) is 0 Å². The van der Waals surface area contributed by atoms with E-state index in [4.69, 9.17) is 13.9 Å². The van der Waals surface area contributed by atoms with Gasteiger partial charge in [0.25, 0.3) is 0 Å². The Morgan fingerprint density at radius 1 is 1.43 bits per heavy atom. The Morgan fingerprint density at radius 3 is 3.00 bits per heavy atom. The van der Waals surface area contributed by atoms with Gasteiger partial charge in [0.15, 0.2) is 6.29 Å².